The second kappa shape index (κ2) is 6.12. The van der Waals surface area contributed by atoms with Gasteiger partial charge in [-0.3, -0.25) is 0 Å². The predicted octanol–water partition coefficient (Wildman–Crippen LogP) is 5.30. The molecule has 2 nitrogen and oxygen atoms in total. The Balaban J connectivity index is 1.75. The minimum absolute atomic E-state index is 0.512. The third-order valence-corrected chi connectivity index (χ3v) is 3.66. The summed E-state index contributed by atoms with van der Waals surface area (Å²) < 4.78 is 0. The van der Waals surface area contributed by atoms with E-state index in [4.69, 9.17) is 23.8 Å². The van der Waals surface area contributed by atoms with Crippen molar-refractivity contribution >= 4 is 51.1 Å². The Kier molecular flexibility index (Phi) is 4.04. The van der Waals surface area contributed by atoms with Gasteiger partial charge in [-0.15, -0.1) is 0 Å². The van der Waals surface area contributed by atoms with Gasteiger partial charge >= 0.3 is 0 Å². The summed E-state index contributed by atoms with van der Waals surface area (Å²) in [5.74, 6) is 0. The lowest BCUT2D eigenvalue weighted by atomic mass is 10.1. The first kappa shape index (κ1) is 13.9. The minimum Gasteiger partial charge on any atom is -0.332 e. The van der Waals surface area contributed by atoms with Crippen molar-refractivity contribution in [3.63, 3.8) is 0 Å². The zero-order chi connectivity index (χ0) is 14.7. The van der Waals surface area contributed by atoms with Crippen molar-refractivity contribution in [2.45, 2.75) is 0 Å². The van der Waals surface area contributed by atoms with Gasteiger partial charge in [0.1, 0.15) is 0 Å². The van der Waals surface area contributed by atoms with E-state index in [1.165, 1.54) is 10.8 Å². The summed E-state index contributed by atoms with van der Waals surface area (Å²) in [5, 5.41) is 9.79. The molecule has 0 atom stereocenters. The Hall–Kier alpha value is -2.10. The topological polar surface area (TPSA) is 24.1 Å². The summed E-state index contributed by atoms with van der Waals surface area (Å²) in [6.45, 7) is 0. The maximum Gasteiger partial charge on any atom is 0.175 e. The Morgan fingerprint density at radius 3 is 2.33 bits per heavy atom. The van der Waals surface area contributed by atoms with E-state index in [-0.39, 0.29) is 0 Å². The molecule has 0 fully saturated rings. The maximum atomic E-state index is 6.10. The third-order valence-electron chi connectivity index (χ3n) is 3.13. The lowest BCUT2D eigenvalue weighted by molar-refractivity contribution is 1.61. The molecule has 21 heavy (non-hydrogen) atoms. The average molecular weight is 313 g/mol. The van der Waals surface area contributed by atoms with Gasteiger partial charge in [-0.25, -0.2) is 0 Å². The molecule has 0 bridgehead atoms. The van der Waals surface area contributed by atoms with E-state index in [1.54, 1.807) is 0 Å². The summed E-state index contributed by atoms with van der Waals surface area (Å²) in [4.78, 5) is 0. The van der Waals surface area contributed by atoms with E-state index in [2.05, 4.69) is 34.9 Å². The molecule has 4 heteroatoms. The smallest absolute Gasteiger partial charge is 0.175 e. The normalized spacial score (nSPS) is 10.3. The van der Waals surface area contributed by atoms with Crippen molar-refractivity contribution in [3.05, 3.63) is 71.8 Å². The molecule has 0 aliphatic carbocycles. The number of halogens is 1. The maximum absolute atomic E-state index is 6.10. The average Bonchev–Trinajstić information content (AvgIpc) is 2.49. The molecule has 0 amide bonds. The molecule has 0 aromatic heterocycles. The number of rotatable bonds is 2. The van der Waals surface area contributed by atoms with E-state index < -0.39 is 0 Å². The monoisotopic (exact) mass is 312 g/mol. The summed E-state index contributed by atoms with van der Waals surface area (Å²) >= 11 is 11.4. The van der Waals surface area contributed by atoms with E-state index in [0.717, 1.165) is 11.4 Å². The molecule has 104 valence electrons. The highest BCUT2D eigenvalue weighted by Gasteiger charge is 2.03. The molecule has 0 saturated carbocycles. The van der Waals surface area contributed by atoms with Crippen LogP contribution in [0.4, 0.5) is 11.4 Å². The van der Waals surface area contributed by atoms with E-state index in [1.807, 2.05) is 42.5 Å². The molecular formula is C17H13ClN2S. The molecule has 0 aliphatic rings. The minimum atomic E-state index is 0.512. The van der Waals surface area contributed by atoms with Crippen LogP contribution in [-0.2, 0) is 0 Å². The first-order chi connectivity index (χ1) is 10.2. The number of thiocarbonyl (C=S) groups is 1. The van der Waals surface area contributed by atoms with Gasteiger partial charge in [0.15, 0.2) is 5.11 Å². The predicted molar refractivity (Wildman–Crippen MR) is 95.2 cm³/mol. The third kappa shape index (κ3) is 3.32. The Labute approximate surface area is 133 Å². The van der Waals surface area contributed by atoms with Gasteiger partial charge < -0.3 is 10.6 Å². The van der Waals surface area contributed by atoms with E-state index >= 15 is 0 Å². The first-order valence-corrected chi connectivity index (χ1v) is 7.32. The van der Waals surface area contributed by atoms with Gasteiger partial charge in [0.2, 0.25) is 0 Å². The van der Waals surface area contributed by atoms with Crippen molar-refractivity contribution in [2.24, 2.45) is 0 Å². The Bertz CT molecular complexity index is 801. The SMILES string of the molecule is S=C(Nc1ccc2ccccc2c1)Nc1ccccc1Cl. The molecule has 0 unspecified atom stereocenters. The van der Waals surface area contributed by atoms with Crippen molar-refractivity contribution in [1.82, 2.24) is 0 Å². The first-order valence-electron chi connectivity index (χ1n) is 6.54. The second-order valence-electron chi connectivity index (χ2n) is 4.62. The van der Waals surface area contributed by atoms with Crippen molar-refractivity contribution in [1.29, 1.82) is 0 Å². The largest absolute Gasteiger partial charge is 0.332 e. The molecule has 0 saturated heterocycles. The summed E-state index contributed by atoms with van der Waals surface area (Å²) in [6, 6.07) is 21.8. The molecule has 3 aromatic carbocycles. The number of nitrogens with one attached hydrogen (secondary N) is 2. The van der Waals surface area contributed by atoms with Gasteiger partial charge in [0, 0.05) is 5.69 Å². The van der Waals surface area contributed by atoms with Gasteiger partial charge in [-0.05, 0) is 47.3 Å². The lowest BCUT2D eigenvalue weighted by Crippen LogP contribution is -2.19. The highest BCUT2D eigenvalue weighted by molar-refractivity contribution is 7.80. The fourth-order valence-electron chi connectivity index (χ4n) is 2.11. The molecule has 3 aromatic rings. The highest BCUT2D eigenvalue weighted by atomic mass is 35.5. The van der Waals surface area contributed by atoms with Crippen LogP contribution in [0.5, 0.6) is 0 Å². The molecule has 2 N–H and O–H groups in total. The van der Waals surface area contributed by atoms with E-state index in [0.29, 0.717) is 10.1 Å². The summed E-state index contributed by atoms with van der Waals surface area (Å²) in [5.41, 5.74) is 1.73. The second-order valence-corrected chi connectivity index (χ2v) is 5.44. The molecular weight excluding hydrogens is 300 g/mol. The molecule has 3 rings (SSSR count). The van der Waals surface area contributed by atoms with Crippen molar-refractivity contribution in [2.75, 3.05) is 10.6 Å². The molecule has 0 radical (unpaired) electrons. The van der Waals surface area contributed by atoms with Crippen LogP contribution in [0.1, 0.15) is 0 Å². The fraction of sp³-hybridized carbons (Fsp3) is 0. The quantitative estimate of drug-likeness (QED) is 0.628. The Morgan fingerprint density at radius 1 is 0.810 bits per heavy atom. The van der Waals surface area contributed by atoms with Crippen LogP contribution >= 0.6 is 23.8 Å². The standard InChI is InChI=1S/C17H13ClN2S/c18-15-7-3-4-8-16(15)20-17(21)19-14-10-9-12-5-1-2-6-13(12)11-14/h1-11H,(H2,19,20,21). The summed E-state index contributed by atoms with van der Waals surface area (Å²) in [7, 11) is 0. The lowest BCUT2D eigenvalue weighted by Gasteiger charge is -2.12. The van der Waals surface area contributed by atoms with Crippen LogP contribution in [0.25, 0.3) is 10.8 Å². The number of para-hydroxylation sites is 1. The van der Waals surface area contributed by atoms with Crippen LogP contribution in [0.3, 0.4) is 0 Å². The number of hydrogen-bond donors (Lipinski definition) is 2. The van der Waals surface area contributed by atoms with Gasteiger partial charge in [-0.2, -0.15) is 0 Å². The van der Waals surface area contributed by atoms with Crippen LogP contribution in [-0.4, -0.2) is 5.11 Å². The van der Waals surface area contributed by atoms with Gasteiger partial charge in [0.25, 0.3) is 0 Å². The fourth-order valence-corrected chi connectivity index (χ4v) is 2.53. The number of hydrogen-bond acceptors (Lipinski definition) is 1. The zero-order valence-corrected chi connectivity index (χ0v) is 12.7. The molecule has 0 heterocycles. The van der Waals surface area contributed by atoms with Crippen molar-refractivity contribution < 1.29 is 0 Å². The highest BCUT2D eigenvalue weighted by Crippen LogP contribution is 2.22. The number of anilines is 2. The van der Waals surface area contributed by atoms with Crippen LogP contribution in [0, 0.1) is 0 Å². The Morgan fingerprint density at radius 2 is 1.52 bits per heavy atom. The number of fused-ring (bicyclic) bond motifs is 1. The summed E-state index contributed by atoms with van der Waals surface area (Å²) in [6.07, 6.45) is 0. The van der Waals surface area contributed by atoms with Gasteiger partial charge in [-0.1, -0.05) is 54.1 Å². The molecule has 0 spiro atoms. The van der Waals surface area contributed by atoms with Crippen LogP contribution in [0.2, 0.25) is 5.02 Å². The van der Waals surface area contributed by atoms with E-state index in [9.17, 15) is 0 Å². The van der Waals surface area contributed by atoms with Crippen molar-refractivity contribution in [3.8, 4) is 0 Å². The van der Waals surface area contributed by atoms with Crippen LogP contribution < -0.4 is 10.6 Å². The molecule has 0 aliphatic heterocycles. The van der Waals surface area contributed by atoms with Gasteiger partial charge in [0.05, 0.1) is 10.7 Å². The number of benzene rings is 3. The zero-order valence-electron chi connectivity index (χ0n) is 11.1. The van der Waals surface area contributed by atoms with Crippen LogP contribution in [0.15, 0.2) is 66.7 Å².